The van der Waals surface area contributed by atoms with Gasteiger partial charge in [0.15, 0.2) is 12.8 Å². The zero-order valence-electron chi connectivity index (χ0n) is 35.2. The molecule has 1 saturated heterocycles. The molecule has 0 radical (unpaired) electrons. The van der Waals surface area contributed by atoms with Gasteiger partial charge in [0.1, 0.15) is 22.5 Å². The molecule has 58 heavy (non-hydrogen) atoms. The number of hydrogen-bond donors (Lipinski definition) is 4. The molecule has 2 aromatic rings. The van der Waals surface area contributed by atoms with E-state index >= 15 is 0 Å². The van der Waals surface area contributed by atoms with Crippen LogP contribution < -0.4 is 10.6 Å². The number of esters is 2. The fourth-order valence-electron chi connectivity index (χ4n) is 7.07. The summed E-state index contributed by atoms with van der Waals surface area (Å²) in [7, 11) is 1.90. The molecule has 2 heterocycles. The Bertz CT molecular complexity index is 1680. The van der Waals surface area contributed by atoms with Crippen molar-refractivity contribution in [1.29, 1.82) is 0 Å². The van der Waals surface area contributed by atoms with Crippen molar-refractivity contribution in [2.75, 3.05) is 20.3 Å². The minimum absolute atomic E-state index is 0.0330. The number of carboxylic acids is 1. The molecule has 1 aromatic heterocycles. The van der Waals surface area contributed by atoms with Crippen LogP contribution in [0.25, 0.3) is 0 Å². The summed E-state index contributed by atoms with van der Waals surface area (Å²) >= 11 is 1.10. The first kappa shape index (κ1) is 47.8. The molecule has 1 aliphatic rings. The third-order valence-electron chi connectivity index (χ3n) is 10.7. The quantitative estimate of drug-likeness (QED) is 0.0863. The number of carbonyl (C=O) groups excluding carboxylic acids is 5. The second kappa shape index (κ2) is 23.1. The lowest BCUT2D eigenvalue weighted by Gasteiger charge is -2.39. The summed E-state index contributed by atoms with van der Waals surface area (Å²) in [5.74, 6) is -4.54. The van der Waals surface area contributed by atoms with Gasteiger partial charge >= 0.3 is 17.9 Å². The van der Waals surface area contributed by atoms with Gasteiger partial charge in [-0.25, -0.2) is 4.98 Å². The highest BCUT2D eigenvalue weighted by Crippen LogP contribution is 2.32. The molecule has 0 bridgehead atoms. The zero-order valence-corrected chi connectivity index (χ0v) is 36.0. The Balaban J connectivity index is 1.95. The maximum atomic E-state index is 14.7. The highest BCUT2D eigenvalue weighted by Gasteiger charge is 2.39. The summed E-state index contributed by atoms with van der Waals surface area (Å²) in [6.45, 7) is 12.7. The Morgan fingerprint density at radius 1 is 1.02 bits per heavy atom. The normalized spacial score (nSPS) is 17.6. The van der Waals surface area contributed by atoms with Crippen LogP contribution in [0.1, 0.15) is 127 Å². The van der Waals surface area contributed by atoms with Crippen molar-refractivity contribution in [1.82, 2.24) is 25.4 Å². The number of carboxylic acid groups (broad SMARTS) is 1. The summed E-state index contributed by atoms with van der Waals surface area (Å²) in [6.07, 6.45) is 3.31. The Morgan fingerprint density at radius 2 is 1.71 bits per heavy atom. The summed E-state index contributed by atoms with van der Waals surface area (Å²) in [4.78, 5) is 87.0. The second-order valence-corrected chi connectivity index (χ2v) is 16.7. The maximum absolute atomic E-state index is 14.7. The van der Waals surface area contributed by atoms with Crippen LogP contribution in [-0.2, 0) is 39.9 Å². The molecular formula is C42H63N5O10S. The first-order valence-corrected chi connectivity index (χ1v) is 21.2. The molecule has 322 valence electrons. The van der Waals surface area contributed by atoms with Gasteiger partial charge in [0.05, 0.1) is 12.0 Å². The largest absolute Gasteiger partial charge is 0.508 e. The molecule has 0 unspecified atom stereocenters. The van der Waals surface area contributed by atoms with Crippen molar-refractivity contribution < 1.29 is 48.5 Å². The van der Waals surface area contributed by atoms with Crippen LogP contribution in [0.5, 0.6) is 5.75 Å². The Kier molecular flexibility index (Phi) is 19.1. The lowest BCUT2D eigenvalue weighted by atomic mass is 9.92. The first-order valence-electron chi connectivity index (χ1n) is 20.4. The molecule has 3 rings (SSSR count). The fourth-order valence-corrected chi connectivity index (χ4v) is 7.91. The standard InChI is InChI=1S/C42H63N5O10S/c1-9-13-36(50)56-24-47(41(53)37(26(5)10-2)45-39(52)33-14-11-12-19-46(33)8)34(25(3)4)22-35(57-28(7)48)40-44-32(23-58-40)38(51)43-30(20-27(6)42(54)55)21-29-15-17-31(49)18-16-29/h15-18,23,25-27,30,33-35,37,49H,9-14,19-22,24H2,1-8H3,(H,43,51)(H,45,52)(H,54,55)/t26-,27+,30+,33+,34+,35+,37-/m0/s1. The maximum Gasteiger partial charge on any atom is 0.307 e. The number of nitrogens with zero attached hydrogens (tertiary/aromatic N) is 3. The van der Waals surface area contributed by atoms with Crippen LogP contribution in [0.3, 0.4) is 0 Å². The predicted molar refractivity (Wildman–Crippen MR) is 219 cm³/mol. The van der Waals surface area contributed by atoms with Gasteiger partial charge in [-0.3, -0.25) is 33.7 Å². The average molecular weight is 830 g/mol. The van der Waals surface area contributed by atoms with Gasteiger partial charge in [-0.05, 0) is 75.2 Å². The number of likely N-dealkylation sites (N-methyl/N-ethyl adjacent to an activating group) is 1. The minimum Gasteiger partial charge on any atom is -0.508 e. The SMILES string of the molecule is CCCC(=O)OCN(C(=O)[C@@H](NC(=O)[C@H]1CCCCN1C)[C@@H](C)CC)[C@H](C[C@@H](OC(C)=O)c1nc(C(=O)N[C@@H](Cc2ccc(O)cc2)C[C@@H](C)C(=O)O)cs1)C(C)C. The number of aliphatic carboxylic acids is 1. The molecular weight excluding hydrogens is 767 g/mol. The van der Waals surface area contributed by atoms with Crippen molar-refractivity contribution in [2.45, 2.75) is 137 Å². The smallest absolute Gasteiger partial charge is 0.307 e. The van der Waals surface area contributed by atoms with Gasteiger partial charge in [0.25, 0.3) is 5.91 Å². The van der Waals surface area contributed by atoms with Gasteiger partial charge in [0, 0.05) is 37.2 Å². The number of nitrogens with one attached hydrogen (secondary N) is 2. The number of likely N-dealkylation sites (tertiary alicyclic amines) is 1. The molecule has 7 atom stereocenters. The summed E-state index contributed by atoms with van der Waals surface area (Å²) in [5.41, 5.74) is 0.816. The monoisotopic (exact) mass is 829 g/mol. The van der Waals surface area contributed by atoms with E-state index in [1.54, 1.807) is 19.1 Å². The van der Waals surface area contributed by atoms with Crippen molar-refractivity contribution in [3.05, 3.63) is 45.9 Å². The molecule has 4 N–H and O–H groups in total. The van der Waals surface area contributed by atoms with Crippen LogP contribution >= 0.6 is 11.3 Å². The van der Waals surface area contributed by atoms with Gasteiger partial charge in [-0.2, -0.15) is 0 Å². The number of benzene rings is 1. The number of carbonyl (C=O) groups is 6. The van der Waals surface area contributed by atoms with E-state index in [9.17, 15) is 39.0 Å². The van der Waals surface area contributed by atoms with Gasteiger partial charge in [-0.15, -0.1) is 11.3 Å². The number of aromatic hydroxyl groups is 1. The van der Waals surface area contributed by atoms with E-state index in [0.29, 0.717) is 30.7 Å². The molecule has 1 aliphatic heterocycles. The first-order chi connectivity index (χ1) is 27.4. The summed E-state index contributed by atoms with van der Waals surface area (Å²) in [5, 5.41) is 27.1. The van der Waals surface area contributed by atoms with E-state index in [4.69, 9.17) is 9.47 Å². The van der Waals surface area contributed by atoms with Gasteiger partial charge < -0.3 is 35.2 Å². The van der Waals surface area contributed by atoms with E-state index in [1.807, 2.05) is 46.6 Å². The number of aromatic nitrogens is 1. The number of ether oxygens (including phenoxy) is 2. The number of rotatable bonds is 22. The van der Waals surface area contributed by atoms with E-state index in [1.165, 1.54) is 29.3 Å². The lowest BCUT2D eigenvalue weighted by molar-refractivity contribution is -0.160. The molecule has 1 fully saturated rings. The van der Waals surface area contributed by atoms with Crippen LogP contribution in [0.15, 0.2) is 29.6 Å². The molecule has 0 saturated carbocycles. The van der Waals surface area contributed by atoms with Crippen LogP contribution in [0.4, 0.5) is 0 Å². The van der Waals surface area contributed by atoms with Crippen molar-refractivity contribution >= 4 is 47.0 Å². The Hall–Kier alpha value is -4.57. The number of phenolic OH excluding ortho intramolecular Hbond substituents is 1. The van der Waals surface area contributed by atoms with Crippen LogP contribution in [0, 0.1) is 17.8 Å². The topological polar surface area (TPSA) is 205 Å². The molecule has 0 spiro atoms. The van der Waals surface area contributed by atoms with Crippen LogP contribution in [-0.4, -0.2) is 105 Å². The van der Waals surface area contributed by atoms with Crippen LogP contribution in [0.2, 0.25) is 0 Å². The van der Waals surface area contributed by atoms with Crippen molar-refractivity contribution in [3.63, 3.8) is 0 Å². The molecule has 16 heteroatoms. The Labute approximate surface area is 346 Å². The van der Waals surface area contributed by atoms with Crippen molar-refractivity contribution in [3.8, 4) is 5.75 Å². The third kappa shape index (κ3) is 14.4. The number of amides is 3. The van der Waals surface area contributed by atoms with Gasteiger partial charge in [-0.1, -0.05) is 66.5 Å². The predicted octanol–water partition coefficient (Wildman–Crippen LogP) is 5.46. The van der Waals surface area contributed by atoms with E-state index in [0.717, 1.165) is 36.3 Å². The molecule has 0 aliphatic carbocycles. The molecule has 1 aromatic carbocycles. The number of thiazole rings is 1. The zero-order chi connectivity index (χ0) is 43.1. The van der Waals surface area contributed by atoms with Gasteiger partial charge in [0.2, 0.25) is 11.8 Å². The molecule has 15 nitrogen and oxygen atoms in total. The second-order valence-electron chi connectivity index (χ2n) is 15.8. The van der Waals surface area contributed by atoms with Crippen molar-refractivity contribution in [2.24, 2.45) is 17.8 Å². The fraction of sp³-hybridized carbons (Fsp3) is 0.643. The average Bonchev–Trinajstić information content (AvgIpc) is 3.67. The van der Waals surface area contributed by atoms with E-state index in [-0.39, 0.29) is 61.2 Å². The lowest BCUT2D eigenvalue weighted by Crippen LogP contribution is -2.59. The highest BCUT2D eigenvalue weighted by atomic mass is 32.1. The summed E-state index contributed by atoms with van der Waals surface area (Å²) in [6, 6.07) is 3.85. The third-order valence-corrected chi connectivity index (χ3v) is 11.7. The highest BCUT2D eigenvalue weighted by molar-refractivity contribution is 7.09. The minimum atomic E-state index is -1.01. The molecule has 3 amide bonds. The van der Waals surface area contributed by atoms with E-state index < -0.39 is 59.9 Å². The number of piperidine rings is 1. The summed E-state index contributed by atoms with van der Waals surface area (Å²) < 4.78 is 11.5. The van der Waals surface area contributed by atoms with E-state index in [2.05, 4.69) is 15.6 Å². The number of hydrogen-bond acceptors (Lipinski definition) is 12. The number of phenols is 1. The Morgan fingerprint density at radius 3 is 2.29 bits per heavy atom.